The van der Waals surface area contributed by atoms with Gasteiger partial charge in [0.25, 0.3) is 5.91 Å². The number of rotatable bonds is 1. The van der Waals surface area contributed by atoms with Gasteiger partial charge >= 0.3 is 0 Å². The third-order valence-corrected chi connectivity index (χ3v) is 4.45. The summed E-state index contributed by atoms with van der Waals surface area (Å²) in [5, 5.41) is 0.923. The molecule has 0 spiro atoms. The average molecular weight is 320 g/mol. The minimum Gasteiger partial charge on any atom is -0.305 e. The minimum absolute atomic E-state index is 0.0729. The molecule has 0 aromatic heterocycles. The Labute approximate surface area is 134 Å². The summed E-state index contributed by atoms with van der Waals surface area (Å²) in [6.07, 6.45) is 1.95. The molecule has 1 aliphatic heterocycles. The van der Waals surface area contributed by atoms with Gasteiger partial charge in [-0.25, -0.2) is 0 Å². The molecule has 0 fully saturated rings. The number of nitrogens with zero attached hydrogens (tertiary/aromatic N) is 1. The van der Waals surface area contributed by atoms with Crippen molar-refractivity contribution in [3.8, 4) is 0 Å². The fourth-order valence-corrected chi connectivity index (χ4v) is 3.28. The van der Waals surface area contributed by atoms with E-state index in [2.05, 4.69) is 13.0 Å². The summed E-state index contributed by atoms with van der Waals surface area (Å²) >= 11 is 12.1. The lowest BCUT2D eigenvalue weighted by Crippen LogP contribution is -2.42. The van der Waals surface area contributed by atoms with Crippen molar-refractivity contribution < 1.29 is 4.79 Å². The van der Waals surface area contributed by atoms with E-state index in [1.165, 1.54) is 5.56 Å². The van der Waals surface area contributed by atoms with Crippen LogP contribution in [0.3, 0.4) is 0 Å². The van der Waals surface area contributed by atoms with Crippen molar-refractivity contribution in [1.29, 1.82) is 0 Å². The number of fused-ring (bicyclic) bond motifs is 1. The summed E-state index contributed by atoms with van der Waals surface area (Å²) in [5.74, 6) is -0.0729. The van der Waals surface area contributed by atoms with Crippen LogP contribution >= 0.6 is 23.2 Å². The van der Waals surface area contributed by atoms with E-state index in [9.17, 15) is 4.79 Å². The van der Waals surface area contributed by atoms with Crippen LogP contribution in [0.1, 0.15) is 29.3 Å². The number of para-hydroxylation sites is 1. The van der Waals surface area contributed by atoms with E-state index in [-0.39, 0.29) is 11.9 Å². The third kappa shape index (κ3) is 2.66. The number of hydrogen-bond acceptors (Lipinski definition) is 1. The third-order valence-electron chi connectivity index (χ3n) is 3.90. The number of amides is 1. The lowest BCUT2D eigenvalue weighted by molar-refractivity contribution is 0.0975. The normalized spacial score (nSPS) is 17.5. The number of benzene rings is 2. The van der Waals surface area contributed by atoms with Crippen LogP contribution < -0.4 is 4.90 Å². The van der Waals surface area contributed by atoms with Gasteiger partial charge in [0.2, 0.25) is 0 Å². The molecule has 0 radical (unpaired) electrons. The van der Waals surface area contributed by atoms with Crippen LogP contribution in [0.2, 0.25) is 10.0 Å². The van der Waals surface area contributed by atoms with Gasteiger partial charge in [-0.1, -0.05) is 41.4 Å². The van der Waals surface area contributed by atoms with E-state index in [0.29, 0.717) is 15.6 Å². The maximum Gasteiger partial charge on any atom is 0.260 e. The van der Waals surface area contributed by atoms with E-state index in [1.807, 2.05) is 23.1 Å². The Morgan fingerprint density at radius 1 is 1.19 bits per heavy atom. The Balaban J connectivity index is 2.05. The first-order valence-corrected chi connectivity index (χ1v) is 7.70. The van der Waals surface area contributed by atoms with Crippen LogP contribution in [0.25, 0.3) is 0 Å². The topological polar surface area (TPSA) is 20.3 Å². The molecule has 0 bridgehead atoms. The first-order chi connectivity index (χ1) is 10.1. The number of halogens is 2. The predicted octanol–water partition coefficient (Wildman–Crippen LogP) is 4.97. The second-order valence-electron chi connectivity index (χ2n) is 5.32. The zero-order chi connectivity index (χ0) is 15.0. The summed E-state index contributed by atoms with van der Waals surface area (Å²) in [6, 6.07) is 13.2. The summed E-state index contributed by atoms with van der Waals surface area (Å²) in [6.45, 7) is 2.07. The van der Waals surface area contributed by atoms with E-state index >= 15 is 0 Å². The quantitative estimate of drug-likeness (QED) is 0.726. The molecule has 0 unspecified atom stereocenters. The highest BCUT2D eigenvalue weighted by Crippen LogP contribution is 2.33. The maximum absolute atomic E-state index is 12.9. The number of anilines is 1. The molecule has 1 amide bonds. The monoisotopic (exact) mass is 319 g/mol. The van der Waals surface area contributed by atoms with Crippen molar-refractivity contribution in [2.75, 3.05) is 4.90 Å². The van der Waals surface area contributed by atoms with E-state index in [4.69, 9.17) is 23.2 Å². The Kier molecular flexibility index (Phi) is 3.92. The number of carbonyl (C=O) groups is 1. The molecular formula is C17H15Cl2NO. The molecule has 3 rings (SSSR count). The molecule has 0 saturated heterocycles. The second-order valence-corrected chi connectivity index (χ2v) is 6.16. The first kappa shape index (κ1) is 14.4. The molecule has 2 nitrogen and oxygen atoms in total. The molecule has 2 aromatic rings. The summed E-state index contributed by atoms with van der Waals surface area (Å²) in [4.78, 5) is 14.7. The van der Waals surface area contributed by atoms with Gasteiger partial charge in [-0.15, -0.1) is 0 Å². The molecule has 0 saturated carbocycles. The van der Waals surface area contributed by atoms with Crippen molar-refractivity contribution in [3.05, 3.63) is 63.6 Å². The van der Waals surface area contributed by atoms with Crippen LogP contribution in [0.5, 0.6) is 0 Å². The Morgan fingerprint density at radius 2 is 1.95 bits per heavy atom. The van der Waals surface area contributed by atoms with Gasteiger partial charge < -0.3 is 4.90 Å². The molecule has 1 aliphatic rings. The number of aryl methyl sites for hydroxylation is 1. The average Bonchev–Trinajstić information content (AvgIpc) is 2.46. The first-order valence-electron chi connectivity index (χ1n) is 6.94. The smallest absolute Gasteiger partial charge is 0.260 e. The van der Waals surface area contributed by atoms with Gasteiger partial charge in [0, 0.05) is 16.8 Å². The lowest BCUT2D eigenvalue weighted by Gasteiger charge is -2.35. The molecule has 1 atom stereocenters. The molecule has 0 aliphatic carbocycles. The van der Waals surface area contributed by atoms with Crippen molar-refractivity contribution in [1.82, 2.24) is 0 Å². The Hall–Kier alpha value is -1.51. The van der Waals surface area contributed by atoms with Crippen LogP contribution in [-0.4, -0.2) is 11.9 Å². The van der Waals surface area contributed by atoms with Gasteiger partial charge in [0.05, 0.1) is 10.6 Å². The van der Waals surface area contributed by atoms with Crippen LogP contribution in [0, 0.1) is 0 Å². The Bertz CT molecular complexity index is 699. The number of carbonyl (C=O) groups excluding carboxylic acids is 1. The highest BCUT2D eigenvalue weighted by atomic mass is 35.5. The van der Waals surface area contributed by atoms with Crippen molar-refractivity contribution in [2.45, 2.75) is 25.8 Å². The fourth-order valence-electron chi connectivity index (χ4n) is 2.79. The zero-order valence-electron chi connectivity index (χ0n) is 11.6. The summed E-state index contributed by atoms with van der Waals surface area (Å²) < 4.78 is 0. The van der Waals surface area contributed by atoms with Gasteiger partial charge in [-0.3, -0.25) is 4.79 Å². The second kappa shape index (κ2) is 5.70. The van der Waals surface area contributed by atoms with Crippen molar-refractivity contribution in [2.24, 2.45) is 0 Å². The predicted molar refractivity (Wildman–Crippen MR) is 87.5 cm³/mol. The molecular weight excluding hydrogens is 305 g/mol. The maximum atomic E-state index is 12.9. The van der Waals surface area contributed by atoms with Gasteiger partial charge in [0.1, 0.15) is 0 Å². The standard InChI is InChI=1S/C17H15Cl2NO/c1-11-6-7-12-4-2-3-5-16(12)20(11)17(21)14-9-8-13(18)10-15(14)19/h2-5,8-11H,6-7H2,1H3/t11-/m0/s1. The molecule has 21 heavy (non-hydrogen) atoms. The van der Waals surface area contributed by atoms with E-state index < -0.39 is 0 Å². The minimum atomic E-state index is -0.0729. The summed E-state index contributed by atoms with van der Waals surface area (Å²) in [5.41, 5.74) is 2.67. The molecule has 4 heteroatoms. The van der Waals surface area contributed by atoms with E-state index in [0.717, 1.165) is 18.5 Å². The van der Waals surface area contributed by atoms with Crippen molar-refractivity contribution in [3.63, 3.8) is 0 Å². The molecule has 0 N–H and O–H groups in total. The highest BCUT2D eigenvalue weighted by Gasteiger charge is 2.29. The van der Waals surface area contributed by atoms with Crippen LogP contribution in [-0.2, 0) is 6.42 Å². The van der Waals surface area contributed by atoms with Gasteiger partial charge in [-0.05, 0) is 49.6 Å². The van der Waals surface area contributed by atoms with Gasteiger partial charge in [0.15, 0.2) is 0 Å². The fraction of sp³-hybridized carbons (Fsp3) is 0.235. The largest absolute Gasteiger partial charge is 0.305 e. The van der Waals surface area contributed by atoms with Crippen molar-refractivity contribution >= 4 is 34.8 Å². The molecule has 108 valence electrons. The Morgan fingerprint density at radius 3 is 2.71 bits per heavy atom. The van der Waals surface area contributed by atoms with E-state index in [1.54, 1.807) is 18.2 Å². The molecule has 2 aromatic carbocycles. The lowest BCUT2D eigenvalue weighted by atomic mass is 9.96. The SMILES string of the molecule is C[C@H]1CCc2ccccc2N1C(=O)c1ccc(Cl)cc1Cl. The van der Waals surface area contributed by atoms with Crippen LogP contribution in [0.15, 0.2) is 42.5 Å². The highest BCUT2D eigenvalue weighted by molar-refractivity contribution is 6.37. The molecule has 1 heterocycles. The van der Waals surface area contributed by atoms with Crippen LogP contribution in [0.4, 0.5) is 5.69 Å². The summed E-state index contributed by atoms with van der Waals surface area (Å²) in [7, 11) is 0. The number of hydrogen-bond donors (Lipinski definition) is 0. The zero-order valence-corrected chi connectivity index (χ0v) is 13.2. The van der Waals surface area contributed by atoms with Gasteiger partial charge in [-0.2, -0.15) is 0 Å².